The number of imidazole rings is 1. The van der Waals surface area contributed by atoms with E-state index >= 15 is 4.39 Å². The average molecular weight is 611 g/mol. The lowest BCUT2D eigenvalue weighted by Crippen LogP contribution is -2.47. The zero-order valence-corrected chi connectivity index (χ0v) is 25.9. The van der Waals surface area contributed by atoms with Crippen LogP contribution in [-0.4, -0.2) is 69.1 Å². The first-order valence-corrected chi connectivity index (χ1v) is 15.7. The van der Waals surface area contributed by atoms with E-state index < -0.39 is 17.9 Å². The summed E-state index contributed by atoms with van der Waals surface area (Å²) in [7, 11) is 0. The molecule has 1 aliphatic carbocycles. The zero-order valence-electron chi connectivity index (χ0n) is 25.9. The molecule has 2 saturated heterocycles. The van der Waals surface area contributed by atoms with Gasteiger partial charge in [0.15, 0.2) is 17.6 Å². The first kappa shape index (κ1) is 30.5. The Labute approximate surface area is 263 Å². The molecule has 45 heavy (non-hydrogen) atoms. The number of halogens is 2. The Bertz CT molecular complexity index is 1710. The highest BCUT2D eigenvalue weighted by atomic mass is 19.2. The second kappa shape index (κ2) is 12.9. The van der Waals surface area contributed by atoms with Crippen LogP contribution in [-0.2, 0) is 0 Å². The number of piperazine rings is 1. The lowest BCUT2D eigenvalue weighted by molar-refractivity contribution is 0.203. The Hall–Kier alpha value is -4.49. The molecule has 4 heterocycles. The predicted octanol–water partition coefficient (Wildman–Crippen LogP) is 6.39. The van der Waals surface area contributed by atoms with Crippen molar-refractivity contribution in [3.8, 4) is 6.07 Å². The van der Waals surface area contributed by atoms with Gasteiger partial charge in [-0.25, -0.2) is 18.7 Å². The molecule has 2 aromatic heterocycles. The summed E-state index contributed by atoms with van der Waals surface area (Å²) in [5.41, 5.74) is 6.29. The maximum Gasteiger partial charge on any atom is 0.180 e. The van der Waals surface area contributed by atoms with Crippen molar-refractivity contribution >= 4 is 28.4 Å². The molecule has 2 fully saturated rings. The van der Waals surface area contributed by atoms with E-state index in [0.717, 1.165) is 61.7 Å². The second-order valence-corrected chi connectivity index (χ2v) is 12.4. The van der Waals surface area contributed by atoms with E-state index in [0.29, 0.717) is 29.1 Å². The van der Waals surface area contributed by atoms with Crippen molar-refractivity contribution in [1.82, 2.24) is 29.5 Å². The molecule has 0 amide bonds. The van der Waals surface area contributed by atoms with Crippen LogP contribution in [0.3, 0.4) is 0 Å². The predicted molar refractivity (Wildman–Crippen MR) is 175 cm³/mol. The summed E-state index contributed by atoms with van der Waals surface area (Å²) in [4.78, 5) is 13.7. The van der Waals surface area contributed by atoms with Crippen molar-refractivity contribution in [3.63, 3.8) is 0 Å². The number of allylic oxidation sites excluding steroid dienone is 4. The van der Waals surface area contributed by atoms with E-state index in [-0.39, 0.29) is 18.4 Å². The van der Waals surface area contributed by atoms with E-state index in [9.17, 15) is 4.39 Å². The number of nitriles is 1. The first-order valence-electron chi connectivity index (χ1n) is 15.7. The summed E-state index contributed by atoms with van der Waals surface area (Å²) in [5.74, 6) is -0.300. The standard InChI is InChI=1S/C35H40F2N8/c1-22-18-30(40-20-22)25(4)44-16-14-43(15-17-44)24(3)28-10-8-27(19-23(28)2)42-34-35-41-21-31(45(35)13-12-39-34)29-9-7-26(6-5-11-38)32(36)33(29)37/h7-10,12-13,19,21-22,26,30,32,40H,3-6,14-18,20H2,1-2H3,(H,39,42). The van der Waals surface area contributed by atoms with E-state index in [1.165, 1.54) is 11.9 Å². The number of nitrogens with zero attached hydrogens (tertiary/aromatic N) is 6. The molecule has 2 aliphatic heterocycles. The van der Waals surface area contributed by atoms with Gasteiger partial charge in [-0.1, -0.05) is 38.3 Å². The molecule has 3 aliphatic rings. The summed E-state index contributed by atoms with van der Waals surface area (Å²) in [6.07, 6.45) is 7.86. The molecule has 0 spiro atoms. The molecular weight excluding hydrogens is 570 g/mol. The second-order valence-electron chi connectivity index (χ2n) is 12.4. The average Bonchev–Trinajstić information content (AvgIpc) is 3.68. The molecule has 6 rings (SSSR count). The van der Waals surface area contributed by atoms with Crippen molar-refractivity contribution in [3.05, 3.63) is 90.4 Å². The topological polar surface area (TPSA) is 84.5 Å². The molecule has 1 aromatic carbocycles. The maximum atomic E-state index is 15.1. The molecular formula is C35H40F2N8. The van der Waals surface area contributed by atoms with E-state index in [4.69, 9.17) is 5.26 Å². The van der Waals surface area contributed by atoms with Gasteiger partial charge in [0, 0.05) is 85.2 Å². The number of aromatic nitrogens is 3. The Morgan fingerprint density at radius 3 is 2.67 bits per heavy atom. The number of hydrogen-bond acceptors (Lipinski definition) is 7. The maximum absolute atomic E-state index is 15.1. The van der Waals surface area contributed by atoms with Crippen LogP contribution in [0.4, 0.5) is 20.3 Å². The smallest absolute Gasteiger partial charge is 0.180 e. The minimum absolute atomic E-state index is 0.147. The first-order chi connectivity index (χ1) is 21.7. The summed E-state index contributed by atoms with van der Waals surface area (Å²) < 4.78 is 31.7. The normalized spacial score (nSPS) is 23.4. The number of alkyl halides is 1. The van der Waals surface area contributed by atoms with Crippen molar-refractivity contribution < 1.29 is 8.78 Å². The van der Waals surface area contributed by atoms with Crippen molar-refractivity contribution in [2.24, 2.45) is 11.8 Å². The molecule has 0 radical (unpaired) electrons. The SMILES string of the molecule is C=C(c1ccc(Nc2nccn3c(C4=C(F)C(F)C(CCC#N)C=C4)cnc23)cc1C)N1CCN(C(=C)C2CC(C)CN2)CC1. The summed E-state index contributed by atoms with van der Waals surface area (Å²) >= 11 is 0. The number of anilines is 2. The third-order valence-electron chi connectivity index (χ3n) is 9.30. The zero-order chi connectivity index (χ0) is 31.7. The van der Waals surface area contributed by atoms with Gasteiger partial charge in [0.05, 0.1) is 18.0 Å². The number of hydrogen-bond donors (Lipinski definition) is 2. The van der Waals surface area contributed by atoms with Gasteiger partial charge in [-0.05, 0) is 49.9 Å². The van der Waals surface area contributed by atoms with Gasteiger partial charge >= 0.3 is 0 Å². The van der Waals surface area contributed by atoms with Gasteiger partial charge in [-0.3, -0.25) is 4.40 Å². The van der Waals surface area contributed by atoms with Crippen LogP contribution in [0.2, 0.25) is 0 Å². The number of rotatable bonds is 9. The van der Waals surface area contributed by atoms with E-state index in [1.807, 2.05) is 12.1 Å². The fourth-order valence-electron chi connectivity index (χ4n) is 6.64. The van der Waals surface area contributed by atoms with Gasteiger partial charge < -0.3 is 20.4 Å². The Kier molecular flexibility index (Phi) is 8.72. The van der Waals surface area contributed by atoms with Crippen LogP contribution < -0.4 is 10.6 Å². The van der Waals surface area contributed by atoms with E-state index in [2.05, 4.69) is 69.5 Å². The van der Waals surface area contributed by atoms with Gasteiger partial charge in [0.2, 0.25) is 0 Å². The van der Waals surface area contributed by atoms with Crippen LogP contribution in [0.5, 0.6) is 0 Å². The quantitative estimate of drug-likeness (QED) is 0.291. The van der Waals surface area contributed by atoms with Crippen LogP contribution in [0, 0.1) is 30.1 Å². The Balaban J connectivity index is 1.13. The van der Waals surface area contributed by atoms with Crippen LogP contribution in [0.1, 0.15) is 43.0 Å². The minimum atomic E-state index is -1.79. The van der Waals surface area contributed by atoms with Crippen molar-refractivity contribution in [1.29, 1.82) is 5.26 Å². The Morgan fingerprint density at radius 1 is 1.18 bits per heavy atom. The Morgan fingerprint density at radius 2 is 1.96 bits per heavy atom. The highest BCUT2D eigenvalue weighted by Crippen LogP contribution is 2.36. The van der Waals surface area contributed by atoms with Gasteiger partial charge in [-0.15, -0.1) is 0 Å². The van der Waals surface area contributed by atoms with Crippen LogP contribution >= 0.6 is 0 Å². The summed E-state index contributed by atoms with van der Waals surface area (Å²) in [6.45, 7) is 17.9. The molecule has 0 saturated carbocycles. The number of fused-ring (bicyclic) bond motifs is 1. The number of nitrogens with one attached hydrogen (secondary N) is 2. The molecule has 4 atom stereocenters. The lowest BCUT2D eigenvalue weighted by atomic mass is 9.89. The van der Waals surface area contributed by atoms with Crippen LogP contribution in [0.15, 0.2) is 73.6 Å². The fourth-order valence-corrected chi connectivity index (χ4v) is 6.64. The lowest BCUT2D eigenvalue weighted by Gasteiger charge is -2.40. The largest absolute Gasteiger partial charge is 0.370 e. The summed E-state index contributed by atoms with van der Waals surface area (Å²) in [6, 6.07) is 8.50. The molecule has 2 N–H and O–H groups in total. The van der Waals surface area contributed by atoms with Gasteiger partial charge in [0.25, 0.3) is 0 Å². The van der Waals surface area contributed by atoms with Crippen LogP contribution in [0.25, 0.3) is 16.9 Å². The number of aryl methyl sites for hydroxylation is 1. The van der Waals surface area contributed by atoms with Gasteiger partial charge in [-0.2, -0.15) is 5.26 Å². The van der Waals surface area contributed by atoms with Crippen molar-refractivity contribution in [2.75, 3.05) is 38.0 Å². The highest BCUT2D eigenvalue weighted by molar-refractivity contribution is 5.80. The highest BCUT2D eigenvalue weighted by Gasteiger charge is 2.31. The van der Waals surface area contributed by atoms with Gasteiger partial charge in [0.1, 0.15) is 5.83 Å². The third kappa shape index (κ3) is 6.09. The summed E-state index contributed by atoms with van der Waals surface area (Å²) in [5, 5.41) is 15.8. The molecule has 10 heteroatoms. The third-order valence-corrected chi connectivity index (χ3v) is 9.30. The minimum Gasteiger partial charge on any atom is -0.370 e. The van der Waals surface area contributed by atoms with Crippen molar-refractivity contribution in [2.45, 2.75) is 45.3 Å². The monoisotopic (exact) mass is 610 g/mol. The van der Waals surface area contributed by atoms with E-state index in [1.54, 1.807) is 28.9 Å². The molecule has 8 nitrogen and oxygen atoms in total. The number of benzene rings is 1. The molecule has 0 bridgehead atoms. The molecule has 3 aromatic rings. The molecule has 4 unspecified atom stereocenters. The molecule has 234 valence electrons. The fraction of sp³-hybridized carbons (Fsp3) is 0.400.